The van der Waals surface area contributed by atoms with Gasteiger partial charge in [0.05, 0.1) is 23.5 Å². The van der Waals surface area contributed by atoms with Crippen LogP contribution in [0.2, 0.25) is 5.02 Å². The quantitative estimate of drug-likeness (QED) is 0.524. The van der Waals surface area contributed by atoms with Crippen molar-refractivity contribution in [2.75, 3.05) is 4.90 Å². The van der Waals surface area contributed by atoms with Gasteiger partial charge >= 0.3 is 0 Å². The lowest BCUT2D eigenvalue weighted by Gasteiger charge is -2.28. The topological polar surface area (TPSA) is 53.3 Å². The SMILES string of the molecule is Oc1ccc(Cl)cc1N1C(=S)NC(c2ccccn2)C1c1ccn(C2CCCC2)c1. The Labute approximate surface area is 186 Å². The fourth-order valence-corrected chi connectivity index (χ4v) is 5.18. The summed E-state index contributed by atoms with van der Waals surface area (Å²) in [6, 6.07) is 13.3. The zero-order valence-electron chi connectivity index (χ0n) is 16.4. The zero-order chi connectivity index (χ0) is 20.7. The first-order valence-electron chi connectivity index (χ1n) is 10.3. The number of pyridine rings is 1. The van der Waals surface area contributed by atoms with Crippen LogP contribution in [-0.2, 0) is 0 Å². The number of hydrogen-bond donors (Lipinski definition) is 2. The monoisotopic (exact) mass is 438 g/mol. The highest BCUT2D eigenvalue weighted by molar-refractivity contribution is 7.80. The number of nitrogens with one attached hydrogen (secondary N) is 1. The molecule has 1 saturated heterocycles. The first-order chi connectivity index (χ1) is 14.6. The summed E-state index contributed by atoms with van der Waals surface area (Å²) in [6.45, 7) is 0. The van der Waals surface area contributed by atoms with Gasteiger partial charge in [0, 0.05) is 29.7 Å². The highest BCUT2D eigenvalue weighted by atomic mass is 35.5. The van der Waals surface area contributed by atoms with E-state index in [1.165, 1.54) is 25.7 Å². The highest BCUT2D eigenvalue weighted by Gasteiger charge is 2.42. The normalized spacial score (nSPS) is 21.9. The van der Waals surface area contributed by atoms with Crippen LogP contribution in [0.15, 0.2) is 61.1 Å². The van der Waals surface area contributed by atoms with E-state index < -0.39 is 0 Å². The highest BCUT2D eigenvalue weighted by Crippen LogP contribution is 2.45. The van der Waals surface area contributed by atoms with Gasteiger partial charge in [-0.3, -0.25) is 4.98 Å². The Bertz CT molecular complexity index is 1060. The van der Waals surface area contributed by atoms with E-state index >= 15 is 0 Å². The van der Waals surface area contributed by atoms with E-state index in [9.17, 15) is 5.11 Å². The molecule has 0 spiro atoms. The van der Waals surface area contributed by atoms with Gasteiger partial charge in [0.2, 0.25) is 0 Å². The Hall–Kier alpha value is -2.57. The fourth-order valence-electron chi connectivity index (χ4n) is 4.68. The summed E-state index contributed by atoms with van der Waals surface area (Å²) in [4.78, 5) is 6.54. The summed E-state index contributed by atoms with van der Waals surface area (Å²) in [5.74, 6) is 0.144. The van der Waals surface area contributed by atoms with Crippen LogP contribution in [-0.4, -0.2) is 19.8 Å². The Morgan fingerprint density at radius 3 is 2.73 bits per heavy atom. The van der Waals surface area contributed by atoms with Gasteiger partial charge in [-0.05, 0) is 67.0 Å². The molecule has 0 amide bonds. The van der Waals surface area contributed by atoms with Crippen molar-refractivity contribution in [1.82, 2.24) is 14.9 Å². The smallest absolute Gasteiger partial charge is 0.174 e. The molecule has 1 saturated carbocycles. The molecule has 1 aliphatic heterocycles. The number of benzene rings is 1. The van der Waals surface area contributed by atoms with Crippen molar-refractivity contribution >= 4 is 34.6 Å². The molecule has 1 aliphatic carbocycles. The molecule has 2 atom stereocenters. The number of phenols is 1. The molecular formula is C23H23ClN4OS. The molecule has 2 aliphatic rings. The van der Waals surface area contributed by atoms with Crippen LogP contribution in [0.5, 0.6) is 5.75 Å². The molecule has 0 bridgehead atoms. The summed E-state index contributed by atoms with van der Waals surface area (Å²) in [6.07, 6.45) is 11.2. The van der Waals surface area contributed by atoms with Gasteiger partial charge in [-0.25, -0.2) is 0 Å². The first kappa shape index (κ1) is 19.4. The number of rotatable bonds is 4. The van der Waals surface area contributed by atoms with E-state index in [1.54, 1.807) is 24.4 Å². The second kappa shape index (κ2) is 7.93. The zero-order valence-corrected chi connectivity index (χ0v) is 18.0. The Balaban J connectivity index is 1.60. The van der Waals surface area contributed by atoms with Gasteiger partial charge in [-0.2, -0.15) is 0 Å². The van der Waals surface area contributed by atoms with Crippen LogP contribution in [0.25, 0.3) is 0 Å². The van der Waals surface area contributed by atoms with E-state index in [2.05, 4.69) is 33.3 Å². The summed E-state index contributed by atoms with van der Waals surface area (Å²) in [5, 5.41) is 15.1. The number of halogens is 1. The number of aromatic hydroxyl groups is 1. The molecule has 5 nitrogen and oxygen atoms in total. The Kier molecular flexibility index (Phi) is 5.13. The van der Waals surface area contributed by atoms with E-state index in [-0.39, 0.29) is 17.8 Å². The number of anilines is 1. The van der Waals surface area contributed by atoms with Crippen molar-refractivity contribution in [3.63, 3.8) is 0 Å². The average Bonchev–Trinajstić information content (AvgIpc) is 3.49. The number of phenolic OH excluding ortho intramolecular Hbond substituents is 1. The van der Waals surface area contributed by atoms with Gasteiger partial charge in [0.25, 0.3) is 0 Å². The second-order valence-electron chi connectivity index (χ2n) is 7.96. The third kappa shape index (κ3) is 3.44. The molecule has 0 radical (unpaired) electrons. The van der Waals surface area contributed by atoms with Crippen molar-refractivity contribution in [1.29, 1.82) is 0 Å². The number of nitrogens with zero attached hydrogens (tertiary/aromatic N) is 3. The second-order valence-corrected chi connectivity index (χ2v) is 8.78. The van der Waals surface area contributed by atoms with Gasteiger partial charge in [0.15, 0.2) is 5.11 Å². The van der Waals surface area contributed by atoms with E-state index in [0.717, 1.165) is 11.3 Å². The molecule has 2 N–H and O–H groups in total. The predicted octanol–water partition coefficient (Wildman–Crippen LogP) is 5.53. The number of aromatic nitrogens is 2. The number of thiocarbonyl (C=S) groups is 1. The van der Waals surface area contributed by atoms with E-state index in [0.29, 0.717) is 21.9 Å². The Morgan fingerprint density at radius 1 is 1.13 bits per heavy atom. The first-order valence-corrected chi connectivity index (χ1v) is 11.1. The van der Waals surface area contributed by atoms with Gasteiger partial charge < -0.3 is 19.9 Å². The maximum atomic E-state index is 10.6. The van der Waals surface area contributed by atoms with Crippen LogP contribution in [0.3, 0.4) is 0 Å². The van der Waals surface area contributed by atoms with Crippen LogP contribution in [0, 0.1) is 0 Å². The van der Waals surface area contributed by atoms with Crippen LogP contribution in [0.1, 0.15) is 55.1 Å². The predicted molar refractivity (Wildman–Crippen MR) is 123 cm³/mol. The van der Waals surface area contributed by atoms with Crippen molar-refractivity contribution in [2.45, 2.75) is 43.8 Å². The van der Waals surface area contributed by atoms with Crippen molar-refractivity contribution in [3.8, 4) is 5.75 Å². The maximum Gasteiger partial charge on any atom is 0.174 e. The van der Waals surface area contributed by atoms with Gasteiger partial charge in [0.1, 0.15) is 5.75 Å². The van der Waals surface area contributed by atoms with Gasteiger partial charge in [-0.15, -0.1) is 0 Å². The standard InChI is InChI=1S/C23H23ClN4OS/c24-16-8-9-20(29)19(13-16)28-22(15-10-12-27(14-15)17-5-1-2-6-17)21(26-23(28)30)18-7-3-4-11-25-18/h3-4,7-14,17,21-22,29H,1-2,5-6H2,(H,26,30). The van der Waals surface area contributed by atoms with E-state index in [1.807, 2.05) is 23.1 Å². The van der Waals surface area contributed by atoms with Crippen LogP contribution in [0.4, 0.5) is 5.69 Å². The fraction of sp³-hybridized carbons (Fsp3) is 0.304. The van der Waals surface area contributed by atoms with Crippen LogP contribution >= 0.6 is 23.8 Å². The minimum absolute atomic E-state index is 0.142. The van der Waals surface area contributed by atoms with Crippen molar-refractivity contribution < 1.29 is 5.11 Å². The molecule has 3 aromatic rings. The number of hydrogen-bond acceptors (Lipinski definition) is 3. The summed E-state index contributed by atoms with van der Waals surface area (Å²) < 4.78 is 2.33. The molecule has 5 rings (SSSR count). The third-order valence-corrected chi connectivity index (χ3v) is 6.67. The van der Waals surface area contributed by atoms with Crippen molar-refractivity contribution in [3.05, 3.63) is 77.3 Å². The molecular weight excluding hydrogens is 416 g/mol. The maximum absolute atomic E-state index is 10.6. The van der Waals surface area contributed by atoms with Crippen LogP contribution < -0.4 is 10.2 Å². The molecule has 1 aromatic carbocycles. The minimum Gasteiger partial charge on any atom is -0.506 e. The lowest BCUT2D eigenvalue weighted by Crippen LogP contribution is -2.29. The largest absolute Gasteiger partial charge is 0.506 e. The van der Waals surface area contributed by atoms with Gasteiger partial charge in [-0.1, -0.05) is 30.5 Å². The molecule has 2 unspecified atom stereocenters. The molecule has 154 valence electrons. The lowest BCUT2D eigenvalue weighted by atomic mass is 9.98. The summed E-state index contributed by atoms with van der Waals surface area (Å²) >= 11 is 12.0. The van der Waals surface area contributed by atoms with E-state index in [4.69, 9.17) is 23.8 Å². The average molecular weight is 439 g/mol. The molecule has 3 heterocycles. The summed E-state index contributed by atoms with van der Waals surface area (Å²) in [5.41, 5.74) is 2.63. The third-order valence-electron chi connectivity index (χ3n) is 6.12. The summed E-state index contributed by atoms with van der Waals surface area (Å²) in [7, 11) is 0. The molecule has 2 fully saturated rings. The Morgan fingerprint density at radius 2 is 1.97 bits per heavy atom. The minimum atomic E-state index is -0.153. The molecule has 2 aromatic heterocycles. The lowest BCUT2D eigenvalue weighted by molar-refractivity contribution is 0.472. The molecule has 30 heavy (non-hydrogen) atoms. The van der Waals surface area contributed by atoms with Crippen molar-refractivity contribution in [2.24, 2.45) is 0 Å². The molecule has 7 heteroatoms.